The molecule has 1 heterocycles. The van der Waals surface area contributed by atoms with Crippen molar-refractivity contribution in [3.8, 4) is 6.07 Å². The van der Waals surface area contributed by atoms with Crippen LogP contribution in [0.4, 0.5) is 13.2 Å². The smallest absolute Gasteiger partial charge is 0.339 e. The fraction of sp³-hybridized carbons (Fsp3) is 0.800. The standard InChI is InChI=1S/C20H29F3N4O3/c1-7-10(8-24)25-15(28)13-12-11(19(12,5)6)9-27(13)16(29)14(18(2,3)4)26-17(30)20(21,22)23/h10-14H,7,9H2,1-6H3,(H,25,28)(H,26,30)/t10-,11-,12-,13-,14+/m0/s1. The summed E-state index contributed by atoms with van der Waals surface area (Å²) in [6, 6.07) is -1.11. The number of carbonyl (C=O) groups excluding carboxylic acids is 3. The predicted octanol–water partition coefficient (Wildman–Crippen LogP) is 1.98. The van der Waals surface area contributed by atoms with Crippen LogP contribution in [0.1, 0.15) is 48.0 Å². The first kappa shape index (κ1) is 24.0. The van der Waals surface area contributed by atoms with E-state index < -0.39 is 47.4 Å². The molecule has 30 heavy (non-hydrogen) atoms. The van der Waals surface area contributed by atoms with E-state index in [-0.39, 0.29) is 23.8 Å². The summed E-state index contributed by atoms with van der Waals surface area (Å²) in [6.07, 6.45) is -4.75. The van der Waals surface area contributed by atoms with Crippen LogP contribution < -0.4 is 10.6 Å². The molecule has 0 aromatic carbocycles. The van der Waals surface area contributed by atoms with E-state index in [0.29, 0.717) is 6.42 Å². The van der Waals surface area contributed by atoms with Crippen molar-refractivity contribution in [3.63, 3.8) is 0 Å². The van der Waals surface area contributed by atoms with Crippen molar-refractivity contribution >= 4 is 17.7 Å². The second kappa shape index (κ2) is 7.75. The molecule has 0 bridgehead atoms. The highest BCUT2D eigenvalue weighted by atomic mass is 19.4. The molecular formula is C20H29F3N4O3. The van der Waals surface area contributed by atoms with Crippen LogP contribution in [-0.2, 0) is 14.4 Å². The second-order valence-corrected chi connectivity index (χ2v) is 9.76. The van der Waals surface area contributed by atoms with E-state index >= 15 is 0 Å². The monoisotopic (exact) mass is 430 g/mol. The maximum Gasteiger partial charge on any atom is 0.471 e. The van der Waals surface area contributed by atoms with Gasteiger partial charge in [-0.3, -0.25) is 14.4 Å². The number of fused-ring (bicyclic) bond motifs is 1. The van der Waals surface area contributed by atoms with E-state index in [4.69, 9.17) is 5.26 Å². The van der Waals surface area contributed by atoms with Crippen molar-refractivity contribution in [3.05, 3.63) is 0 Å². The molecule has 1 aliphatic heterocycles. The van der Waals surface area contributed by atoms with Crippen LogP contribution in [0.3, 0.4) is 0 Å². The van der Waals surface area contributed by atoms with Crippen LogP contribution in [0.15, 0.2) is 0 Å². The minimum Gasteiger partial charge on any atom is -0.339 e. The number of hydrogen-bond donors (Lipinski definition) is 2. The Balaban J connectivity index is 2.31. The Morgan fingerprint density at radius 2 is 1.77 bits per heavy atom. The highest BCUT2D eigenvalue weighted by Gasteiger charge is 2.69. The zero-order chi connectivity index (χ0) is 23.2. The van der Waals surface area contributed by atoms with E-state index in [1.807, 2.05) is 25.2 Å². The number of nitrogens with one attached hydrogen (secondary N) is 2. The first-order valence-corrected chi connectivity index (χ1v) is 9.95. The average Bonchev–Trinajstić information content (AvgIpc) is 2.96. The summed E-state index contributed by atoms with van der Waals surface area (Å²) < 4.78 is 38.4. The minimum absolute atomic E-state index is 0.0262. The van der Waals surface area contributed by atoms with Gasteiger partial charge in [-0.2, -0.15) is 18.4 Å². The highest BCUT2D eigenvalue weighted by Crippen LogP contribution is 2.65. The lowest BCUT2D eigenvalue weighted by Gasteiger charge is -2.37. The number of alkyl halides is 3. The summed E-state index contributed by atoms with van der Waals surface area (Å²) in [5.41, 5.74) is -1.21. The Morgan fingerprint density at radius 3 is 2.20 bits per heavy atom. The Kier molecular flexibility index (Phi) is 6.19. The molecule has 168 valence electrons. The van der Waals surface area contributed by atoms with Gasteiger partial charge in [0.05, 0.1) is 6.07 Å². The molecule has 1 saturated heterocycles. The fourth-order valence-corrected chi connectivity index (χ4v) is 4.32. The summed E-state index contributed by atoms with van der Waals surface area (Å²) in [4.78, 5) is 39.0. The number of piperidine rings is 1. The zero-order valence-electron chi connectivity index (χ0n) is 18.1. The topological polar surface area (TPSA) is 102 Å². The van der Waals surface area contributed by atoms with Crippen molar-refractivity contribution in [2.24, 2.45) is 22.7 Å². The molecule has 0 aromatic heterocycles. The van der Waals surface area contributed by atoms with Crippen molar-refractivity contribution in [1.29, 1.82) is 5.26 Å². The van der Waals surface area contributed by atoms with E-state index in [1.165, 1.54) is 4.90 Å². The van der Waals surface area contributed by atoms with Crippen LogP contribution in [0.25, 0.3) is 0 Å². The van der Waals surface area contributed by atoms with E-state index in [0.717, 1.165) is 0 Å². The second-order valence-electron chi connectivity index (χ2n) is 9.76. The van der Waals surface area contributed by atoms with E-state index in [9.17, 15) is 27.6 Å². The van der Waals surface area contributed by atoms with Crippen molar-refractivity contribution in [2.45, 2.75) is 72.3 Å². The van der Waals surface area contributed by atoms with Gasteiger partial charge < -0.3 is 15.5 Å². The lowest BCUT2D eigenvalue weighted by molar-refractivity contribution is -0.176. The number of rotatable bonds is 5. The predicted molar refractivity (Wildman–Crippen MR) is 102 cm³/mol. The molecule has 1 saturated carbocycles. The van der Waals surface area contributed by atoms with Crippen LogP contribution in [0, 0.1) is 34.0 Å². The Hall–Kier alpha value is -2.31. The number of carbonyl (C=O) groups is 3. The average molecular weight is 430 g/mol. The summed E-state index contributed by atoms with van der Waals surface area (Å²) in [7, 11) is 0. The highest BCUT2D eigenvalue weighted by molar-refractivity contribution is 5.95. The van der Waals surface area contributed by atoms with Gasteiger partial charge in [0.25, 0.3) is 0 Å². The van der Waals surface area contributed by atoms with Crippen molar-refractivity contribution in [1.82, 2.24) is 15.5 Å². The Bertz CT molecular complexity index is 767. The molecule has 5 atom stereocenters. The summed E-state index contributed by atoms with van der Waals surface area (Å²) in [5, 5.41) is 13.6. The van der Waals surface area contributed by atoms with Gasteiger partial charge in [0.1, 0.15) is 18.1 Å². The summed E-state index contributed by atoms with van der Waals surface area (Å²) in [5.74, 6) is -3.55. The molecule has 7 nitrogen and oxygen atoms in total. The Labute approximate surface area is 174 Å². The molecule has 3 amide bonds. The third kappa shape index (κ3) is 4.40. The number of halogens is 3. The lowest BCUT2D eigenvalue weighted by Crippen LogP contribution is -2.61. The summed E-state index contributed by atoms with van der Waals surface area (Å²) in [6.45, 7) is 10.5. The normalized spacial score (nSPS) is 26.8. The molecule has 0 aromatic rings. The van der Waals surface area contributed by atoms with Gasteiger partial charge in [-0.05, 0) is 29.1 Å². The van der Waals surface area contributed by atoms with E-state index in [2.05, 4.69) is 5.32 Å². The van der Waals surface area contributed by atoms with Crippen molar-refractivity contribution < 1.29 is 27.6 Å². The number of nitrogens with zero attached hydrogens (tertiary/aromatic N) is 2. The number of hydrogen-bond acceptors (Lipinski definition) is 4. The van der Waals surface area contributed by atoms with Crippen LogP contribution in [0.2, 0.25) is 0 Å². The number of likely N-dealkylation sites (tertiary alicyclic amines) is 1. The van der Waals surface area contributed by atoms with Crippen LogP contribution in [-0.4, -0.2) is 53.5 Å². The zero-order valence-corrected chi connectivity index (χ0v) is 18.1. The molecular weight excluding hydrogens is 401 g/mol. The lowest BCUT2D eigenvalue weighted by atomic mass is 9.85. The maximum absolute atomic E-state index is 13.3. The van der Waals surface area contributed by atoms with Crippen LogP contribution >= 0.6 is 0 Å². The van der Waals surface area contributed by atoms with E-state index in [1.54, 1.807) is 27.7 Å². The van der Waals surface area contributed by atoms with Gasteiger partial charge >= 0.3 is 12.1 Å². The third-order valence-electron chi connectivity index (χ3n) is 6.29. The molecule has 0 unspecified atom stereocenters. The molecule has 1 aliphatic carbocycles. The molecule has 0 spiro atoms. The molecule has 2 rings (SSSR count). The van der Waals surface area contributed by atoms with Gasteiger partial charge in [-0.1, -0.05) is 41.5 Å². The van der Waals surface area contributed by atoms with Crippen molar-refractivity contribution in [2.75, 3.05) is 6.54 Å². The Morgan fingerprint density at radius 1 is 1.20 bits per heavy atom. The quantitative estimate of drug-likeness (QED) is 0.696. The first-order chi connectivity index (χ1) is 13.6. The maximum atomic E-state index is 13.3. The van der Waals surface area contributed by atoms with Gasteiger partial charge in [0.2, 0.25) is 11.8 Å². The minimum atomic E-state index is -5.13. The molecule has 0 radical (unpaired) electrons. The molecule has 2 aliphatic rings. The molecule has 10 heteroatoms. The van der Waals surface area contributed by atoms with Gasteiger partial charge in [-0.25, -0.2) is 0 Å². The SMILES string of the molecule is CC[C@@H](C#N)NC(=O)[C@@H]1[C@@H]2[C@H](CN1C(=O)[C@@H](NC(=O)C(F)(F)F)C(C)(C)C)C2(C)C. The number of nitriles is 1. The first-order valence-electron chi connectivity index (χ1n) is 9.95. The largest absolute Gasteiger partial charge is 0.471 e. The summed E-state index contributed by atoms with van der Waals surface area (Å²) >= 11 is 0. The molecule has 2 fully saturated rings. The van der Waals surface area contributed by atoms with Gasteiger partial charge in [0, 0.05) is 6.54 Å². The molecule has 2 N–H and O–H groups in total. The van der Waals surface area contributed by atoms with Crippen LogP contribution in [0.5, 0.6) is 0 Å². The van der Waals surface area contributed by atoms with Gasteiger partial charge in [-0.15, -0.1) is 0 Å². The number of amides is 3. The fourth-order valence-electron chi connectivity index (χ4n) is 4.32. The van der Waals surface area contributed by atoms with Gasteiger partial charge in [0.15, 0.2) is 0 Å². The third-order valence-corrected chi connectivity index (χ3v) is 6.29.